The maximum absolute atomic E-state index is 13.0. The van der Waals surface area contributed by atoms with E-state index in [2.05, 4.69) is 5.16 Å². The van der Waals surface area contributed by atoms with E-state index >= 15 is 0 Å². The Labute approximate surface area is 135 Å². The highest BCUT2D eigenvalue weighted by atomic mass is 32.2. The fourth-order valence-electron chi connectivity index (χ4n) is 3.18. The highest BCUT2D eigenvalue weighted by Crippen LogP contribution is 2.31. The molecule has 0 aliphatic carbocycles. The maximum Gasteiger partial charge on any atom is 0.248 e. The lowest BCUT2D eigenvalue weighted by Crippen LogP contribution is -2.37. The van der Waals surface area contributed by atoms with Crippen LogP contribution in [0.3, 0.4) is 0 Å². The van der Waals surface area contributed by atoms with Gasteiger partial charge in [0.2, 0.25) is 10.0 Å². The predicted octanol–water partition coefficient (Wildman–Crippen LogP) is 2.83. The van der Waals surface area contributed by atoms with Crippen LogP contribution in [0.4, 0.5) is 4.39 Å². The van der Waals surface area contributed by atoms with Gasteiger partial charge in [0.1, 0.15) is 16.4 Å². The van der Waals surface area contributed by atoms with Gasteiger partial charge in [-0.1, -0.05) is 17.3 Å². The summed E-state index contributed by atoms with van der Waals surface area (Å²) in [7, 11) is -3.63. The molecule has 0 N–H and O–H groups in total. The summed E-state index contributed by atoms with van der Waals surface area (Å²) >= 11 is 0. The van der Waals surface area contributed by atoms with Gasteiger partial charge in [-0.15, -0.1) is 0 Å². The molecular weight excluding hydrogens is 319 g/mol. The zero-order valence-corrected chi connectivity index (χ0v) is 13.9. The van der Waals surface area contributed by atoms with Crippen LogP contribution in [-0.2, 0) is 16.4 Å². The number of sulfonamides is 1. The molecule has 1 fully saturated rings. The molecule has 1 unspecified atom stereocenters. The minimum Gasteiger partial charge on any atom is -0.360 e. The third-order valence-corrected chi connectivity index (χ3v) is 6.44. The van der Waals surface area contributed by atoms with Crippen molar-refractivity contribution in [2.24, 2.45) is 0 Å². The molecule has 3 rings (SSSR count). The molecule has 2 aromatic rings. The Bertz CT molecular complexity index is 780. The van der Waals surface area contributed by atoms with E-state index in [1.807, 2.05) is 0 Å². The van der Waals surface area contributed by atoms with Crippen LogP contribution in [0, 0.1) is 19.7 Å². The highest BCUT2D eigenvalue weighted by Gasteiger charge is 2.38. The van der Waals surface area contributed by atoms with Crippen LogP contribution < -0.4 is 0 Å². The first kappa shape index (κ1) is 16.1. The van der Waals surface area contributed by atoms with Crippen LogP contribution in [0.15, 0.2) is 33.7 Å². The van der Waals surface area contributed by atoms with E-state index < -0.39 is 10.0 Å². The second kappa shape index (κ2) is 6.05. The molecule has 0 radical (unpaired) electrons. The molecule has 0 saturated carbocycles. The molecule has 0 bridgehead atoms. The van der Waals surface area contributed by atoms with Crippen LogP contribution >= 0.6 is 0 Å². The van der Waals surface area contributed by atoms with Gasteiger partial charge in [0.25, 0.3) is 0 Å². The molecule has 124 valence electrons. The Kier molecular flexibility index (Phi) is 4.25. The first-order valence-electron chi connectivity index (χ1n) is 7.59. The summed E-state index contributed by atoms with van der Waals surface area (Å²) in [6.07, 6.45) is 2.18. The number of aryl methyl sites for hydroxylation is 2. The Morgan fingerprint density at radius 3 is 2.61 bits per heavy atom. The Morgan fingerprint density at radius 2 is 2.00 bits per heavy atom. The molecule has 2 heterocycles. The molecule has 5 nitrogen and oxygen atoms in total. The fraction of sp³-hybridized carbons (Fsp3) is 0.438. The third-order valence-electron chi connectivity index (χ3n) is 4.24. The average molecular weight is 338 g/mol. The van der Waals surface area contributed by atoms with Gasteiger partial charge in [0.15, 0.2) is 5.76 Å². The van der Waals surface area contributed by atoms with Crippen LogP contribution in [0.2, 0.25) is 0 Å². The normalized spacial score (nSPS) is 19.3. The topological polar surface area (TPSA) is 63.4 Å². The molecule has 1 atom stereocenters. The van der Waals surface area contributed by atoms with Crippen molar-refractivity contribution in [1.29, 1.82) is 0 Å². The minimum atomic E-state index is -3.63. The lowest BCUT2D eigenvalue weighted by Gasteiger charge is -2.24. The predicted molar refractivity (Wildman–Crippen MR) is 83.0 cm³/mol. The number of aromatic nitrogens is 1. The smallest absolute Gasteiger partial charge is 0.248 e. The second-order valence-electron chi connectivity index (χ2n) is 5.90. The molecule has 1 saturated heterocycles. The first-order valence-corrected chi connectivity index (χ1v) is 9.03. The monoisotopic (exact) mass is 338 g/mol. The van der Waals surface area contributed by atoms with E-state index in [1.165, 1.54) is 16.4 Å². The van der Waals surface area contributed by atoms with Gasteiger partial charge in [-0.25, -0.2) is 12.8 Å². The van der Waals surface area contributed by atoms with Gasteiger partial charge in [-0.05, 0) is 50.8 Å². The van der Waals surface area contributed by atoms with Crippen molar-refractivity contribution in [3.05, 3.63) is 47.1 Å². The van der Waals surface area contributed by atoms with Gasteiger partial charge in [-0.3, -0.25) is 0 Å². The number of hydrogen-bond acceptors (Lipinski definition) is 4. The van der Waals surface area contributed by atoms with Crippen molar-refractivity contribution in [3.63, 3.8) is 0 Å². The van der Waals surface area contributed by atoms with Gasteiger partial charge >= 0.3 is 0 Å². The zero-order chi connectivity index (χ0) is 16.6. The minimum absolute atomic E-state index is 0.126. The summed E-state index contributed by atoms with van der Waals surface area (Å²) in [5.74, 6) is 0.0234. The summed E-state index contributed by atoms with van der Waals surface area (Å²) in [5, 5.41) is 3.75. The molecule has 7 heteroatoms. The summed E-state index contributed by atoms with van der Waals surface area (Å²) < 4.78 is 45.5. The van der Waals surface area contributed by atoms with E-state index in [1.54, 1.807) is 26.0 Å². The van der Waals surface area contributed by atoms with Crippen molar-refractivity contribution in [2.75, 3.05) is 6.54 Å². The molecule has 23 heavy (non-hydrogen) atoms. The van der Waals surface area contributed by atoms with E-state index in [9.17, 15) is 12.8 Å². The number of nitrogens with zero attached hydrogens (tertiary/aromatic N) is 2. The standard InChI is InChI=1S/C16H19FN2O3S/c1-11-16(12(2)22-18-11)23(20,21)19-9-3-4-15(19)10-13-5-7-14(17)8-6-13/h5-8,15H,3-4,9-10H2,1-2H3. The highest BCUT2D eigenvalue weighted by molar-refractivity contribution is 7.89. The Balaban J connectivity index is 1.88. The number of rotatable bonds is 4. The van der Waals surface area contributed by atoms with Crippen molar-refractivity contribution in [1.82, 2.24) is 9.46 Å². The fourth-order valence-corrected chi connectivity index (χ4v) is 5.17. The van der Waals surface area contributed by atoms with Crippen LogP contribution in [0.5, 0.6) is 0 Å². The Hall–Kier alpha value is -1.73. The molecule has 0 spiro atoms. The van der Waals surface area contributed by atoms with Crippen LogP contribution in [0.1, 0.15) is 29.9 Å². The SMILES string of the molecule is Cc1noc(C)c1S(=O)(=O)N1CCCC1Cc1ccc(F)cc1. The van der Waals surface area contributed by atoms with Crippen LogP contribution in [-0.4, -0.2) is 30.5 Å². The number of hydrogen-bond donors (Lipinski definition) is 0. The summed E-state index contributed by atoms with van der Waals surface area (Å²) in [5.41, 5.74) is 1.31. The molecule has 1 aliphatic heterocycles. The van der Waals surface area contributed by atoms with Gasteiger partial charge in [0.05, 0.1) is 0 Å². The Morgan fingerprint density at radius 1 is 1.30 bits per heavy atom. The second-order valence-corrected chi connectivity index (χ2v) is 7.72. The number of benzene rings is 1. The van der Waals surface area contributed by atoms with Crippen molar-refractivity contribution in [2.45, 2.75) is 44.0 Å². The lowest BCUT2D eigenvalue weighted by molar-refractivity contribution is 0.379. The molecule has 1 aromatic heterocycles. The van der Waals surface area contributed by atoms with Crippen molar-refractivity contribution in [3.8, 4) is 0 Å². The summed E-state index contributed by atoms with van der Waals surface area (Å²) in [6.45, 7) is 3.73. The molecule has 1 aliphatic rings. The third kappa shape index (κ3) is 3.03. The summed E-state index contributed by atoms with van der Waals surface area (Å²) in [6, 6.07) is 6.08. The number of halogens is 1. The van der Waals surface area contributed by atoms with Crippen LogP contribution in [0.25, 0.3) is 0 Å². The molecule has 1 aromatic carbocycles. The summed E-state index contributed by atoms with van der Waals surface area (Å²) in [4.78, 5) is 0.170. The van der Waals surface area contributed by atoms with Crippen molar-refractivity contribution >= 4 is 10.0 Å². The molecule has 0 amide bonds. The van der Waals surface area contributed by atoms with Gasteiger partial charge < -0.3 is 4.52 Å². The first-order chi connectivity index (χ1) is 10.9. The molecular formula is C16H19FN2O3S. The van der Waals surface area contributed by atoms with E-state index in [0.717, 1.165) is 18.4 Å². The lowest BCUT2D eigenvalue weighted by atomic mass is 10.0. The van der Waals surface area contributed by atoms with Gasteiger partial charge in [-0.2, -0.15) is 4.31 Å². The average Bonchev–Trinajstić information content (AvgIpc) is 3.09. The maximum atomic E-state index is 13.0. The van der Waals surface area contributed by atoms with E-state index in [0.29, 0.717) is 24.4 Å². The largest absolute Gasteiger partial charge is 0.360 e. The quantitative estimate of drug-likeness (QED) is 0.860. The van der Waals surface area contributed by atoms with Gasteiger partial charge in [0, 0.05) is 12.6 Å². The zero-order valence-electron chi connectivity index (χ0n) is 13.1. The van der Waals surface area contributed by atoms with E-state index in [-0.39, 0.29) is 16.8 Å². The van der Waals surface area contributed by atoms with E-state index in [4.69, 9.17) is 4.52 Å². The van der Waals surface area contributed by atoms with Crippen molar-refractivity contribution < 1.29 is 17.3 Å².